The minimum Gasteiger partial charge on any atom is -0.325 e. The van der Waals surface area contributed by atoms with Crippen molar-refractivity contribution in [3.8, 4) is 0 Å². The van der Waals surface area contributed by atoms with E-state index in [4.69, 9.17) is 11.6 Å². The fourth-order valence-corrected chi connectivity index (χ4v) is 1.19. The van der Waals surface area contributed by atoms with Gasteiger partial charge in [0.15, 0.2) is 0 Å². The van der Waals surface area contributed by atoms with E-state index in [0.29, 0.717) is 17.1 Å². The molecule has 1 rings (SSSR count). The van der Waals surface area contributed by atoms with Crippen LogP contribution in [0.15, 0.2) is 24.3 Å². The zero-order valence-electron chi connectivity index (χ0n) is 7.51. The number of rotatable bonds is 3. The molecular weight excluding hydrogens is 186 g/mol. The third-order valence-corrected chi connectivity index (χ3v) is 1.95. The van der Waals surface area contributed by atoms with E-state index in [0.717, 1.165) is 6.42 Å². The molecule has 13 heavy (non-hydrogen) atoms. The SMILES string of the molecule is CCCC(=O)Nc1ccccc1Cl. The van der Waals surface area contributed by atoms with Gasteiger partial charge >= 0.3 is 0 Å². The van der Waals surface area contributed by atoms with Gasteiger partial charge in [-0.2, -0.15) is 0 Å². The number of amides is 1. The third kappa shape index (κ3) is 3.07. The molecule has 1 amide bonds. The Morgan fingerprint density at radius 1 is 1.46 bits per heavy atom. The lowest BCUT2D eigenvalue weighted by Crippen LogP contribution is -2.10. The molecular formula is C10H12ClNO. The molecule has 70 valence electrons. The number of halogens is 1. The van der Waals surface area contributed by atoms with Crippen molar-refractivity contribution in [3.63, 3.8) is 0 Å². The van der Waals surface area contributed by atoms with Crippen molar-refractivity contribution in [2.45, 2.75) is 19.8 Å². The number of carbonyl (C=O) groups is 1. The van der Waals surface area contributed by atoms with E-state index < -0.39 is 0 Å². The fraction of sp³-hybridized carbons (Fsp3) is 0.300. The Bertz CT molecular complexity index is 299. The summed E-state index contributed by atoms with van der Waals surface area (Å²) in [6, 6.07) is 7.21. The normalized spacial score (nSPS) is 9.69. The molecule has 0 aliphatic rings. The molecule has 2 nitrogen and oxygen atoms in total. The molecule has 0 aromatic heterocycles. The topological polar surface area (TPSA) is 29.1 Å². The summed E-state index contributed by atoms with van der Waals surface area (Å²) >= 11 is 5.85. The summed E-state index contributed by atoms with van der Waals surface area (Å²) in [5, 5.41) is 3.32. The average molecular weight is 198 g/mol. The van der Waals surface area contributed by atoms with Gasteiger partial charge in [0.2, 0.25) is 5.91 Å². The Balaban J connectivity index is 2.63. The smallest absolute Gasteiger partial charge is 0.224 e. The predicted molar refractivity (Wildman–Crippen MR) is 55.0 cm³/mol. The van der Waals surface area contributed by atoms with Crippen molar-refractivity contribution < 1.29 is 4.79 Å². The lowest BCUT2D eigenvalue weighted by atomic mass is 10.3. The highest BCUT2D eigenvalue weighted by atomic mass is 35.5. The van der Waals surface area contributed by atoms with Gasteiger partial charge in [-0.1, -0.05) is 30.7 Å². The largest absolute Gasteiger partial charge is 0.325 e. The lowest BCUT2D eigenvalue weighted by Gasteiger charge is -2.05. The molecule has 3 heteroatoms. The zero-order chi connectivity index (χ0) is 9.68. The molecule has 0 spiro atoms. The minimum absolute atomic E-state index is 0.00981. The van der Waals surface area contributed by atoms with Crippen molar-refractivity contribution in [2.24, 2.45) is 0 Å². The lowest BCUT2D eigenvalue weighted by molar-refractivity contribution is -0.116. The first kappa shape index (κ1) is 10.1. The Morgan fingerprint density at radius 3 is 2.77 bits per heavy atom. The van der Waals surface area contributed by atoms with Crippen LogP contribution in [0.25, 0.3) is 0 Å². The summed E-state index contributed by atoms with van der Waals surface area (Å²) in [6.07, 6.45) is 1.38. The van der Waals surface area contributed by atoms with Crippen LogP contribution >= 0.6 is 11.6 Å². The van der Waals surface area contributed by atoms with Gasteiger partial charge in [-0.05, 0) is 18.6 Å². The maximum atomic E-state index is 11.2. The molecule has 1 aromatic rings. The molecule has 1 N–H and O–H groups in total. The van der Waals surface area contributed by atoms with Crippen molar-refractivity contribution in [1.29, 1.82) is 0 Å². The van der Waals surface area contributed by atoms with Crippen LogP contribution < -0.4 is 5.32 Å². The molecule has 0 saturated heterocycles. The molecule has 0 unspecified atom stereocenters. The van der Waals surface area contributed by atoms with Crippen LogP contribution in [0.5, 0.6) is 0 Å². The molecule has 0 saturated carbocycles. The van der Waals surface area contributed by atoms with Crippen molar-refractivity contribution in [2.75, 3.05) is 5.32 Å². The van der Waals surface area contributed by atoms with Crippen LogP contribution in [0.4, 0.5) is 5.69 Å². The van der Waals surface area contributed by atoms with Gasteiger partial charge in [0, 0.05) is 6.42 Å². The molecule has 0 heterocycles. The number of para-hydroxylation sites is 1. The third-order valence-electron chi connectivity index (χ3n) is 1.63. The van der Waals surface area contributed by atoms with Gasteiger partial charge in [-0.3, -0.25) is 4.79 Å². The second-order valence-corrected chi connectivity index (χ2v) is 3.19. The minimum atomic E-state index is 0.00981. The van der Waals surface area contributed by atoms with E-state index in [-0.39, 0.29) is 5.91 Å². The van der Waals surface area contributed by atoms with Crippen LogP contribution in [0.3, 0.4) is 0 Å². The number of hydrogen-bond donors (Lipinski definition) is 1. The first-order chi connectivity index (χ1) is 6.24. The molecule has 0 aliphatic heterocycles. The average Bonchev–Trinajstić information content (AvgIpc) is 2.09. The number of benzene rings is 1. The Labute approximate surface area is 82.9 Å². The summed E-state index contributed by atoms with van der Waals surface area (Å²) in [5.74, 6) is 0.00981. The molecule has 0 bridgehead atoms. The van der Waals surface area contributed by atoms with Crippen LogP contribution in [0, 0.1) is 0 Å². The van der Waals surface area contributed by atoms with Gasteiger partial charge in [-0.15, -0.1) is 0 Å². The van der Waals surface area contributed by atoms with Gasteiger partial charge in [0.1, 0.15) is 0 Å². The standard InChI is InChI=1S/C10H12ClNO/c1-2-5-10(13)12-9-7-4-3-6-8(9)11/h3-4,6-7H,2,5H2,1H3,(H,12,13). The Kier molecular flexibility index (Phi) is 3.77. The summed E-state index contributed by atoms with van der Waals surface area (Å²) < 4.78 is 0. The van der Waals surface area contributed by atoms with Crippen molar-refractivity contribution >= 4 is 23.2 Å². The number of nitrogens with one attached hydrogen (secondary N) is 1. The quantitative estimate of drug-likeness (QED) is 0.793. The molecule has 1 aromatic carbocycles. The van der Waals surface area contributed by atoms with E-state index >= 15 is 0 Å². The highest BCUT2D eigenvalue weighted by molar-refractivity contribution is 6.33. The number of carbonyl (C=O) groups excluding carboxylic acids is 1. The zero-order valence-corrected chi connectivity index (χ0v) is 8.27. The molecule has 0 atom stereocenters. The fourth-order valence-electron chi connectivity index (χ4n) is 1.00. The van der Waals surface area contributed by atoms with Crippen molar-refractivity contribution in [3.05, 3.63) is 29.3 Å². The summed E-state index contributed by atoms with van der Waals surface area (Å²) in [5.41, 5.74) is 0.683. The predicted octanol–water partition coefficient (Wildman–Crippen LogP) is 3.08. The van der Waals surface area contributed by atoms with E-state index in [1.807, 2.05) is 19.1 Å². The van der Waals surface area contributed by atoms with E-state index in [1.54, 1.807) is 12.1 Å². The first-order valence-corrected chi connectivity index (χ1v) is 4.66. The molecule has 0 radical (unpaired) electrons. The van der Waals surface area contributed by atoms with Crippen LogP contribution in [-0.4, -0.2) is 5.91 Å². The summed E-state index contributed by atoms with van der Waals surface area (Å²) in [7, 11) is 0. The van der Waals surface area contributed by atoms with Gasteiger partial charge in [0.25, 0.3) is 0 Å². The second-order valence-electron chi connectivity index (χ2n) is 2.78. The highest BCUT2D eigenvalue weighted by Crippen LogP contribution is 2.20. The molecule has 0 aliphatic carbocycles. The highest BCUT2D eigenvalue weighted by Gasteiger charge is 2.02. The second kappa shape index (κ2) is 4.87. The van der Waals surface area contributed by atoms with E-state index in [9.17, 15) is 4.79 Å². The van der Waals surface area contributed by atoms with Crippen LogP contribution in [0.1, 0.15) is 19.8 Å². The Hall–Kier alpha value is -1.02. The van der Waals surface area contributed by atoms with Gasteiger partial charge in [0.05, 0.1) is 10.7 Å². The maximum Gasteiger partial charge on any atom is 0.224 e. The van der Waals surface area contributed by atoms with Crippen LogP contribution in [-0.2, 0) is 4.79 Å². The maximum absolute atomic E-state index is 11.2. The summed E-state index contributed by atoms with van der Waals surface area (Å²) in [4.78, 5) is 11.2. The van der Waals surface area contributed by atoms with E-state index in [1.165, 1.54) is 0 Å². The molecule has 0 fully saturated rings. The first-order valence-electron chi connectivity index (χ1n) is 4.28. The van der Waals surface area contributed by atoms with Gasteiger partial charge in [-0.25, -0.2) is 0 Å². The van der Waals surface area contributed by atoms with Gasteiger partial charge < -0.3 is 5.32 Å². The summed E-state index contributed by atoms with van der Waals surface area (Å²) in [6.45, 7) is 1.96. The number of anilines is 1. The monoisotopic (exact) mass is 197 g/mol. The van der Waals surface area contributed by atoms with Crippen LogP contribution in [0.2, 0.25) is 5.02 Å². The van der Waals surface area contributed by atoms with Crippen molar-refractivity contribution in [1.82, 2.24) is 0 Å². The number of hydrogen-bond acceptors (Lipinski definition) is 1. The van der Waals surface area contributed by atoms with E-state index in [2.05, 4.69) is 5.32 Å². The Morgan fingerprint density at radius 2 is 2.15 bits per heavy atom.